The van der Waals surface area contributed by atoms with Gasteiger partial charge in [-0.25, -0.2) is 0 Å². The first-order valence-corrected chi connectivity index (χ1v) is 6.10. The number of rotatable bonds is 2. The Balaban J connectivity index is 1.99. The lowest BCUT2D eigenvalue weighted by Gasteiger charge is -2.06. The molecule has 0 atom stereocenters. The largest absolute Gasteiger partial charge is 0.493 e. The van der Waals surface area contributed by atoms with Crippen molar-refractivity contribution in [2.75, 3.05) is 18.1 Å². The molecule has 96 valence electrons. The summed E-state index contributed by atoms with van der Waals surface area (Å²) in [6.45, 7) is 0.679. The van der Waals surface area contributed by atoms with Crippen LogP contribution in [-0.4, -0.2) is 12.4 Å². The van der Waals surface area contributed by atoms with E-state index in [0.717, 1.165) is 17.7 Å². The molecule has 0 aromatic heterocycles. The second-order valence-corrected chi connectivity index (χ2v) is 4.64. The number of carbonyl (C=O) groups is 1. The fourth-order valence-electron chi connectivity index (χ4n) is 2.30. The summed E-state index contributed by atoms with van der Waals surface area (Å²) in [6, 6.07) is 10.4. The van der Waals surface area contributed by atoms with Gasteiger partial charge >= 0.3 is 0 Å². The second-order valence-electron chi connectivity index (χ2n) is 4.64. The summed E-state index contributed by atoms with van der Waals surface area (Å²) >= 11 is 0. The molecular formula is C15H14N2O2. The number of benzene rings is 2. The Bertz CT molecular complexity index is 645. The van der Waals surface area contributed by atoms with Crippen molar-refractivity contribution in [3.05, 3.63) is 53.1 Å². The van der Waals surface area contributed by atoms with Crippen molar-refractivity contribution in [2.45, 2.75) is 6.42 Å². The third-order valence-electron chi connectivity index (χ3n) is 3.19. The van der Waals surface area contributed by atoms with Gasteiger partial charge in [0.05, 0.1) is 6.61 Å². The van der Waals surface area contributed by atoms with E-state index in [0.29, 0.717) is 29.1 Å². The highest BCUT2D eigenvalue weighted by molar-refractivity contribution is 6.10. The van der Waals surface area contributed by atoms with Crippen molar-refractivity contribution >= 4 is 17.2 Å². The third-order valence-corrected chi connectivity index (χ3v) is 3.19. The maximum absolute atomic E-state index is 12.4. The van der Waals surface area contributed by atoms with Crippen molar-refractivity contribution in [1.82, 2.24) is 0 Å². The summed E-state index contributed by atoms with van der Waals surface area (Å²) in [5.74, 6) is 0.789. The van der Waals surface area contributed by atoms with Gasteiger partial charge in [-0.2, -0.15) is 0 Å². The molecule has 1 aliphatic rings. The van der Waals surface area contributed by atoms with Crippen molar-refractivity contribution in [1.29, 1.82) is 0 Å². The summed E-state index contributed by atoms with van der Waals surface area (Å²) in [5, 5.41) is 0. The minimum absolute atomic E-state index is 0.0753. The molecule has 4 N–H and O–H groups in total. The molecule has 0 saturated heterocycles. The predicted octanol–water partition coefficient (Wildman–Crippen LogP) is 2.02. The van der Waals surface area contributed by atoms with Gasteiger partial charge in [-0.15, -0.1) is 0 Å². The first kappa shape index (κ1) is 11.6. The first-order valence-electron chi connectivity index (χ1n) is 6.10. The summed E-state index contributed by atoms with van der Waals surface area (Å²) in [4.78, 5) is 12.4. The molecule has 19 heavy (non-hydrogen) atoms. The van der Waals surface area contributed by atoms with Gasteiger partial charge < -0.3 is 16.2 Å². The SMILES string of the molecule is Nc1cc(N)cc(C(=O)c2ccc3c(c2)CCO3)c1. The zero-order valence-corrected chi connectivity index (χ0v) is 10.3. The molecule has 2 aromatic carbocycles. The van der Waals surface area contributed by atoms with Gasteiger partial charge in [0.25, 0.3) is 0 Å². The van der Waals surface area contributed by atoms with Gasteiger partial charge in [0.15, 0.2) is 5.78 Å². The van der Waals surface area contributed by atoms with Crippen molar-refractivity contribution < 1.29 is 9.53 Å². The second kappa shape index (κ2) is 4.31. The molecule has 4 heteroatoms. The smallest absolute Gasteiger partial charge is 0.193 e. The Morgan fingerprint density at radius 1 is 1.00 bits per heavy atom. The zero-order chi connectivity index (χ0) is 13.4. The minimum atomic E-state index is -0.0753. The Morgan fingerprint density at radius 2 is 1.74 bits per heavy atom. The number of ether oxygens (including phenoxy) is 1. The molecule has 0 bridgehead atoms. The number of fused-ring (bicyclic) bond motifs is 1. The van der Waals surface area contributed by atoms with Crippen molar-refractivity contribution in [3.8, 4) is 5.75 Å². The number of carbonyl (C=O) groups excluding carboxylic acids is 1. The molecule has 0 unspecified atom stereocenters. The quantitative estimate of drug-likeness (QED) is 0.634. The number of nitrogens with two attached hydrogens (primary N) is 2. The van der Waals surface area contributed by atoms with Crippen LogP contribution in [0.5, 0.6) is 5.75 Å². The third kappa shape index (κ3) is 2.12. The maximum Gasteiger partial charge on any atom is 0.193 e. The van der Waals surface area contributed by atoms with Crippen LogP contribution < -0.4 is 16.2 Å². The van der Waals surface area contributed by atoms with Crippen LogP contribution in [0.2, 0.25) is 0 Å². The predicted molar refractivity (Wildman–Crippen MR) is 74.3 cm³/mol. The van der Waals surface area contributed by atoms with Crippen LogP contribution in [-0.2, 0) is 6.42 Å². The Labute approximate surface area is 111 Å². The summed E-state index contributed by atoms with van der Waals surface area (Å²) in [7, 11) is 0. The number of hydrogen-bond acceptors (Lipinski definition) is 4. The normalized spacial score (nSPS) is 12.8. The van der Waals surface area contributed by atoms with Gasteiger partial charge in [-0.1, -0.05) is 0 Å². The lowest BCUT2D eigenvalue weighted by Crippen LogP contribution is -2.04. The number of hydrogen-bond donors (Lipinski definition) is 2. The Hall–Kier alpha value is -2.49. The highest BCUT2D eigenvalue weighted by Crippen LogP contribution is 2.27. The van der Waals surface area contributed by atoms with E-state index in [-0.39, 0.29) is 5.78 Å². The number of ketones is 1. The molecule has 0 saturated carbocycles. The van der Waals surface area contributed by atoms with Crippen LogP contribution in [0.1, 0.15) is 21.5 Å². The van der Waals surface area contributed by atoms with E-state index in [9.17, 15) is 4.79 Å². The molecule has 0 aliphatic carbocycles. The molecule has 0 fully saturated rings. The molecule has 4 nitrogen and oxygen atoms in total. The van der Waals surface area contributed by atoms with Crippen LogP contribution in [0.25, 0.3) is 0 Å². The van der Waals surface area contributed by atoms with Crippen LogP contribution in [0.4, 0.5) is 11.4 Å². The molecule has 0 radical (unpaired) electrons. The van der Waals surface area contributed by atoms with Gasteiger partial charge in [0.1, 0.15) is 5.75 Å². The zero-order valence-electron chi connectivity index (χ0n) is 10.3. The summed E-state index contributed by atoms with van der Waals surface area (Å²) in [5.41, 5.74) is 14.6. The summed E-state index contributed by atoms with van der Waals surface area (Å²) in [6.07, 6.45) is 0.843. The monoisotopic (exact) mass is 254 g/mol. The van der Waals surface area contributed by atoms with E-state index in [1.54, 1.807) is 24.3 Å². The van der Waals surface area contributed by atoms with E-state index in [1.807, 2.05) is 12.1 Å². The van der Waals surface area contributed by atoms with E-state index >= 15 is 0 Å². The van der Waals surface area contributed by atoms with Gasteiger partial charge in [-0.3, -0.25) is 4.79 Å². The molecule has 1 heterocycles. The van der Waals surface area contributed by atoms with Gasteiger partial charge in [0, 0.05) is 28.9 Å². The Kier molecular flexibility index (Phi) is 2.63. The molecule has 3 rings (SSSR count). The van der Waals surface area contributed by atoms with E-state index in [2.05, 4.69) is 0 Å². The van der Waals surface area contributed by atoms with E-state index in [1.165, 1.54) is 0 Å². The number of anilines is 2. The summed E-state index contributed by atoms with van der Waals surface area (Å²) < 4.78 is 5.43. The lowest BCUT2D eigenvalue weighted by molar-refractivity contribution is 0.103. The fourth-order valence-corrected chi connectivity index (χ4v) is 2.30. The Morgan fingerprint density at radius 3 is 2.47 bits per heavy atom. The fraction of sp³-hybridized carbons (Fsp3) is 0.133. The topological polar surface area (TPSA) is 78.3 Å². The average Bonchev–Trinajstić information content (AvgIpc) is 2.83. The lowest BCUT2D eigenvalue weighted by atomic mass is 9.99. The molecule has 0 spiro atoms. The van der Waals surface area contributed by atoms with Crippen molar-refractivity contribution in [2.24, 2.45) is 0 Å². The van der Waals surface area contributed by atoms with Gasteiger partial charge in [0.2, 0.25) is 0 Å². The molecule has 1 aliphatic heterocycles. The van der Waals surface area contributed by atoms with Gasteiger partial charge in [-0.05, 0) is 42.0 Å². The maximum atomic E-state index is 12.4. The van der Waals surface area contributed by atoms with E-state index in [4.69, 9.17) is 16.2 Å². The molecule has 2 aromatic rings. The van der Waals surface area contributed by atoms with Crippen LogP contribution >= 0.6 is 0 Å². The van der Waals surface area contributed by atoms with E-state index < -0.39 is 0 Å². The average molecular weight is 254 g/mol. The highest BCUT2D eigenvalue weighted by Gasteiger charge is 2.16. The molecule has 0 amide bonds. The number of nitrogen functional groups attached to an aromatic ring is 2. The van der Waals surface area contributed by atoms with Crippen LogP contribution in [0, 0.1) is 0 Å². The standard InChI is InChI=1S/C15H14N2O2/c16-12-6-11(7-13(17)8-12)15(18)10-1-2-14-9(5-10)3-4-19-14/h1-2,5-8H,3-4,16-17H2. The molecular weight excluding hydrogens is 240 g/mol. The van der Waals surface area contributed by atoms with Crippen molar-refractivity contribution in [3.63, 3.8) is 0 Å². The van der Waals surface area contributed by atoms with Crippen LogP contribution in [0.3, 0.4) is 0 Å². The first-order chi connectivity index (χ1) is 9.13. The minimum Gasteiger partial charge on any atom is -0.493 e. The van der Waals surface area contributed by atoms with Crippen LogP contribution in [0.15, 0.2) is 36.4 Å². The highest BCUT2D eigenvalue weighted by atomic mass is 16.5.